The normalized spacial score (nSPS) is 11.3. The number of ether oxygens (including phenoxy) is 2. The average molecular weight is 743 g/mol. The summed E-state index contributed by atoms with van der Waals surface area (Å²) >= 11 is 6.51. The fourth-order valence-corrected chi connectivity index (χ4v) is 5.97. The summed E-state index contributed by atoms with van der Waals surface area (Å²) in [4.78, 5) is 35.7. The lowest BCUT2D eigenvalue weighted by molar-refractivity contribution is -0.161. The molecule has 0 saturated heterocycles. The number of rotatable bonds is 13. The zero-order valence-electron chi connectivity index (χ0n) is 27.8. The summed E-state index contributed by atoms with van der Waals surface area (Å²) in [6.45, 7) is -0.362. The van der Waals surface area contributed by atoms with Crippen molar-refractivity contribution in [3.05, 3.63) is 137 Å². The van der Waals surface area contributed by atoms with E-state index in [0.29, 0.717) is 61.4 Å². The molecule has 0 aliphatic rings. The molecule has 0 fully saturated rings. The lowest BCUT2D eigenvalue weighted by Crippen LogP contribution is -2.39. The zero-order valence-corrected chi connectivity index (χ0v) is 29.4. The molecule has 2 aromatic heterocycles. The maximum Gasteiger partial charge on any atom is 0.397 e. The van der Waals surface area contributed by atoms with E-state index in [0.717, 1.165) is 11.2 Å². The Balaban J connectivity index is 1.16. The van der Waals surface area contributed by atoms with Crippen LogP contribution in [0.15, 0.2) is 114 Å². The highest BCUT2D eigenvalue weighted by Gasteiger charge is 2.26. The summed E-state index contributed by atoms with van der Waals surface area (Å²) in [7, 11) is -3.45. The first-order valence-electron chi connectivity index (χ1n) is 16.0. The van der Waals surface area contributed by atoms with Crippen molar-refractivity contribution in [2.45, 2.75) is 19.8 Å². The van der Waals surface area contributed by atoms with Gasteiger partial charge in [-0.3, -0.25) is 4.79 Å². The molecular weight excluding hydrogens is 711 g/mol. The van der Waals surface area contributed by atoms with E-state index in [2.05, 4.69) is 15.3 Å². The highest BCUT2D eigenvalue weighted by atomic mass is 35.5. The van der Waals surface area contributed by atoms with Crippen LogP contribution in [0.2, 0.25) is 5.02 Å². The van der Waals surface area contributed by atoms with E-state index in [9.17, 15) is 22.4 Å². The van der Waals surface area contributed by atoms with Gasteiger partial charge in [0.2, 0.25) is 0 Å². The van der Waals surface area contributed by atoms with Gasteiger partial charge in [-0.2, -0.15) is 0 Å². The van der Waals surface area contributed by atoms with Gasteiger partial charge >= 0.3 is 11.9 Å². The van der Waals surface area contributed by atoms with Crippen LogP contribution in [0, 0.1) is 5.82 Å². The van der Waals surface area contributed by atoms with E-state index >= 15 is 0 Å². The highest BCUT2D eigenvalue weighted by Crippen LogP contribution is 2.33. The van der Waals surface area contributed by atoms with Crippen LogP contribution in [0.4, 0.5) is 15.9 Å². The van der Waals surface area contributed by atoms with Gasteiger partial charge in [0, 0.05) is 29.4 Å². The molecular formula is C38H32ClFN4O7S. The summed E-state index contributed by atoms with van der Waals surface area (Å²) < 4.78 is 54.5. The second-order valence-corrected chi connectivity index (χ2v) is 14.5. The first kappa shape index (κ1) is 36.0. The predicted octanol–water partition coefficient (Wildman–Crippen LogP) is 7.12. The number of fused-ring (bicyclic) bond motifs is 1. The summed E-state index contributed by atoms with van der Waals surface area (Å²) in [5, 5.41) is 4.29. The van der Waals surface area contributed by atoms with Gasteiger partial charge in [-0.25, -0.2) is 27.6 Å². The molecule has 14 heteroatoms. The number of halogens is 2. The molecule has 4 aromatic carbocycles. The molecule has 0 bridgehead atoms. The van der Waals surface area contributed by atoms with Crippen LogP contribution in [-0.2, 0) is 43.9 Å². The third-order valence-corrected chi connectivity index (χ3v) is 9.03. The van der Waals surface area contributed by atoms with Gasteiger partial charge in [0.25, 0.3) is 0 Å². The van der Waals surface area contributed by atoms with Crippen LogP contribution in [0.1, 0.15) is 16.9 Å². The Morgan fingerprint density at radius 1 is 0.904 bits per heavy atom. The number of nitrogens with one attached hydrogen (secondary N) is 1. The minimum atomic E-state index is -3.45. The molecule has 0 atom stereocenters. The maximum absolute atomic E-state index is 13.5. The second-order valence-electron chi connectivity index (χ2n) is 11.8. The van der Waals surface area contributed by atoms with Crippen LogP contribution < -0.4 is 10.1 Å². The van der Waals surface area contributed by atoms with E-state index in [1.807, 2.05) is 18.2 Å². The smallest absolute Gasteiger partial charge is 0.397 e. The molecule has 0 aliphatic carbocycles. The van der Waals surface area contributed by atoms with Gasteiger partial charge < -0.3 is 24.1 Å². The van der Waals surface area contributed by atoms with Gasteiger partial charge in [-0.15, -0.1) is 0 Å². The predicted molar refractivity (Wildman–Crippen MR) is 194 cm³/mol. The number of carbonyl (C=O) groups excluding carboxylic acids is 2. The van der Waals surface area contributed by atoms with E-state index in [1.54, 1.807) is 72.8 Å². The number of amides is 1. The van der Waals surface area contributed by atoms with Crippen LogP contribution in [-0.4, -0.2) is 53.7 Å². The van der Waals surface area contributed by atoms with Crippen molar-refractivity contribution in [1.82, 2.24) is 14.9 Å². The van der Waals surface area contributed by atoms with Crippen LogP contribution in [0.5, 0.6) is 5.75 Å². The van der Waals surface area contributed by atoms with Crippen molar-refractivity contribution in [3.63, 3.8) is 0 Å². The van der Waals surface area contributed by atoms with Gasteiger partial charge in [0.1, 0.15) is 58.3 Å². The standard InChI is InChI=1S/C38H32ClFN4O7S/c1-52(47,48)17-16-44(37(45)38(46)50-22-25-6-3-2-4-7-25)21-30-12-15-34(51-30)27-10-13-33-31(19-27)36(42-24-41-33)43-29-11-14-35(32(39)20-29)49-23-26-8-5-9-28(40)18-26/h2-15,18-20,24H,16-17,21-23H2,1H3,(H,41,42,43). The van der Waals surface area contributed by atoms with Gasteiger partial charge in [-0.1, -0.05) is 54.1 Å². The molecule has 266 valence electrons. The molecule has 0 saturated carbocycles. The van der Waals surface area contributed by atoms with Crippen molar-refractivity contribution in [2.24, 2.45) is 0 Å². The monoisotopic (exact) mass is 742 g/mol. The Morgan fingerprint density at radius 3 is 2.48 bits per heavy atom. The zero-order chi connectivity index (χ0) is 36.7. The van der Waals surface area contributed by atoms with Crippen molar-refractivity contribution in [3.8, 4) is 17.1 Å². The number of hydrogen-bond acceptors (Lipinski definition) is 10. The molecule has 1 amide bonds. The van der Waals surface area contributed by atoms with Crippen LogP contribution in [0.3, 0.4) is 0 Å². The first-order valence-corrected chi connectivity index (χ1v) is 18.4. The Morgan fingerprint density at radius 2 is 1.71 bits per heavy atom. The van der Waals surface area contributed by atoms with Crippen molar-refractivity contribution >= 4 is 55.7 Å². The van der Waals surface area contributed by atoms with Gasteiger partial charge in [0.05, 0.1) is 22.8 Å². The van der Waals surface area contributed by atoms with Gasteiger partial charge in [-0.05, 0) is 71.8 Å². The quantitative estimate of drug-likeness (QED) is 0.0961. The number of hydrogen-bond donors (Lipinski definition) is 1. The SMILES string of the molecule is CS(=O)(=O)CCN(Cc1ccc(-c2ccc3ncnc(Nc4ccc(OCc5cccc(F)c5)c(Cl)c4)c3c2)o1)C(=O)C(=O)OCc1ccccc1. The molecule has 52 heavy (non-hydrogen) atoms. The molecule has 1 N–H and O–H groups in total. The fourth-order valence-electron chi connectivity index (χ4n) is 5.18. The van der Waals surface area contributed by atoms with Crippen LogP contribution in [0.25, 0.3) is 22.2 Å². The number of sulfone groups is 1. The Labute approximate surface area is 303 Å². The van der Waals surface area contributed by atoms with Crippen molar-refractivity contribution in [2.75, 3.05) is 23.9 Å². The number of furan rings is 1. The number of anilines is 2. The Bertz CT molecular complexity index is 2340. The molecule has 0 unspecified atom stereocenters. The van der Waals surface area contributed by atoms with E-state index in [4.69, 9.17) is 25.5 Å². The lowest BCUT2D eigenvalue weighted by atomic mass is 10.1. The first-order chi connectivity index (χ1) is 25.0. The number of carbonyl (C=O) groups is 2. The third kappa shape index (κ3) is 9.50. The minimum Gasteiger partial charge on any atom is -0.487 e. The summed E-state index contributed by atoms with van der Waals surface area (Å²) in [5.74, 6) is -1.09. The minimum absolute atomic E-state index is 0.108. The topological polar surface area (TPSA) is 141 Å². The summed E-state index contributed by atoms with van der Waals surface area (Å²) in [6, 6.07) is 29.0. The molecule has 2 heterocycles. The molecule has 0 spiro atoms. The van der Waals surface area contributed by atoms with E-state index in [1.165, 1.54) is 18.5 Å². The molecule has 6 rings (SSSR count). The molecule has 6 aromatic rings. The van der Waals surface area contributed by atoms with E-state index in [-0.39, 0.29) is 37.9 Å². The maximum atomic E-state index is 13.5. The second kappa shape index (κ2) is 16.0. The van der Waals surface area contributed by atoms with Crippen molar-refractivity contribution < 1.29 is 36.3 Å². The largest absolute Gasteiger partial charge is 0.487 e. The number of aromatic nitrogens is 2. The number of esters is 1. The Hall–Kier alpha value is -5.79. The van der Waals surface area contributed by atoms with Crippen LogP contribution >= 0.6 is 11.6 Å². The number of nitrogens with zero attached hydrogens (tertiary/aromatic N) is 3. The van der Waals surface area contributed by atoms with Crippen molar-refractivity contribution in [1.29, 1.82) is 0 Å². The molecule has 0 radical (unpaired) electrons. The summed E-state index contributed by atoms with van der Waals surface area (Å²) in [6.07, 6.45) is 2.48. The molecule has 11 nitrogen and oxygen atoms in total. The molecule has 0 aliphatic heterocycles. The third-order valence-electron chi connectivity index (χ3n) is 7.81. The highest BCUT2D eigenvalue weighted by molar-refractivity contribution is 7.90. The Kier molecular flexibility index (Phi) is 11.1. The summed E-state index contributed by atoms with van der Waals surface area (Å²) in [5.41, 5.74) is 3.33. The van der Waals surface area contributed by atoms with Gasteiger partial charge in [0.15, 0.2) is 0 Å². The fraction of sp³-hybridized carbons (Fsp3) is 0.158. The number of benzene rings is 4. The average Bonchev–Trinajstić information content (AvgIpc) is 3.60. The lowest BCUT2D eigenvalue weighted by Gasteiger charge is -2.20. The van der Waals surface area contributed by atoms with E-state index < -0.39 is 21.7 Å².